The number of nitrogens with zero attached hydrogens (tertiary/aromatic N) is 2. The Morgan fingerprint density at radius 2 is 2.10 bits per heavy atom. The summed E-state index contributed by atoms with van der Waals surface area (Å²) in [6, 6.07) is 1.51. The van der Waals surface area contributed by atoms with Crippen LogP contribution in [0.15, 0.2) is 10.9 Å². The summed E-state index contributed by atoms with van der Waals surface area (Å²) in [5.74, 6) is 1.12. The van der Waals surface area contributed by atoms with Crippen LogP contribution in [0.1, 0.15) is 44.3 Å². The van der Waals surface area contributed by atoms with Gasteiger partial charge in [0.1, 0.15) is 11.6 Å². The van der Waals surface area contributed by atoms with Gasteiger partial charge in [0, 0.05) is 25.1 Å². The highest BCUT2D eigenvalue weighted by molar-refractivity contribution is 5.74. The number of aliphatic carboxylic acids is 1. The lowest BCUT2D eigenvalue weighted by Gasteiger charge is -2.37. The van der Waals surface area contributed by atoms with Crippen LogP contribution in [0, 0.1) is 5.41 Å². The maximum absolute atomic E-state index is 11.7. The molecule has 1 aromatic rings. The number of hydrogen-bond donors (Lipinski definition) is 2. The van der Waals surface area contributed by atoms with Crippen LogP contribution in [0.2, 0.25) is 0 Å². The molecule has 0 amide bonds. The molecule has 0 aromatic carbocycles. The van der Waals surface area contributed by atoms with Gasteiger partial charge in [-0.05, 0) is 32.6 Å². The van der Waals surface area contributed by atoms with Crippen molar-refractivity contribution in [1.82, 2.24) is 9.97 Å². The van der Waals surface area contributed by atoms with Gasteiger partial charge in [-0.25, -0.2) is 4.98 Å². The Kier molecular flexibility index (Phi) is 3.03. The minimum atomic E-state index is -0.741. The summed E-state index contributed by atoms with van der Waals surface area (Å²) in [4.78, 5) is 32.3. The van der Waals surface area contributed by atoms with Gasteiger partial charge in [0.2, 0.25) is 0 Å². The molecule has 2 N–H and O–H groups in total. The average Bonchev–Trinajstić information content (AvgIpc) is 3.23. The molecule has 1 aliphatic carbocycles. The van der Waals surface area contributed by atoms with E-state index in [1.807, 2.05) is 4.90 Å². The zero-order valence-corrected chi connectivity index (χ0v) is 11.6. The highest BCUT2D eigenvalue weighted by atomic mass is 16.4. The summed E-state index contributed by atoms with van der Waals surface area (Å²) in [7, 11) is 0. The van der Waals surface area contributed by atoms with Crippen LogP contribution in [0.4, 0.5) is 5.82 Å². The van der Waals surface area contributed by atoms with Crippen molar-refractivity contribution in [3.05, 3.63) is 22.2 Å². The van der Waals surface area contributed by atoms with Crippen molar-refractivity contribution in [1.29, 1.82) is 0 Å². The first kappa shape index (κ1) is 13.1. The minimum Gasteiger partial charge on any atom is -0.481 e. The van der Waals surface area contributed by atoms with E-state index in [0.717, 1.165) is 18.7 Å². The number of H-pyrrole nitrogens is 1. The first-order valence-corrected chi connectivity index (χ1v) is 7.07. The van der Waals surface area contributed by atoms with Gasteiger partial charge in [0.15, 0.2) is 0 Å². The highest BCUT2D eigenvalue weighted by Gasteiger charge is 2.37. The molecule has 1 saturated heterocycles. The van der Waals surface area contributed by atoms with Crippen molar-refractivity contribution in [2.75, 3.05) is 18.0 Å². The van der Waals surface area contributed by atoms with E-state index < -0.39 is 11.4 Å². The molecule has 108 valence electrons. The second-order valence-electron chi connectivity index (χ2n) is 6.12. The number of carbonyl (C=O) groups is 1. The van der Waals surface area contributed by atoms with E-state index in [9.17, 15) is 14.7 Å². The smallest absolute Gasteiger partial charge is 0.309 e. The number of hydrogen-bond acceptors (Lipinski definition) is 4. The molecule has 6 nitrogen and oxygen atoms in total. The van der Waals surface area contributed by atoms with Crippen LogP contribution in [-0.2, 0) is 4.79 Å². The lowest BCUT2D eigenvalue weighted by molar-refractivity contribution is -0.149. The molecule has 2 fully saturated rings. The summed E-state index contributed by atoms with van der Waals surface area (Å²) in [5.41, 5.74) is -0.778. The predicted molar refractivity (Wildman–Crippen MR) is 74.0 cm³/mol. The van der Waals surface area contributed by atoms with Crippen LogP contribution in [0.25, 0.3) is 0 Å². The third-order valence-electron chi connectivity index (χ3n) is 4.42. The second kappa shape index (κ2) is 4.61. The molecule has 6 heteroatoms. The van der Waals surface area contributed by atoms with Gasteiger partial charge >= 0.3 is 5.97 Å². The molecular formula is C14H19N3O3. The van der Waals surface area contributed by atoms with E-state index in [2.05, 4.69) is 9.97 Å². The Morgan fingerprint density at radius 3 is 2.65 bits per heavy atom. The molecule has 0 unspecified atom stereocenters. The lowest BCUT2D eigenvalue weighted by atomic mass is 9.80. The summed E-state index contributed by atoms with van der Waals surface area (Å²) in [5, 5.41) is 9.23. The molecule has 3 rings (SSSR count). The fourth-order valence-electron chi connectivity index (χ4n) is 2.62. The standard InChI is InChI=1S/C14H19N3O3/c1-14(13(19)20)4-6-17(7-5-14)10-8-11(18)16-12(15-10)9-2-3-9/h8-9H,2-7H2,1H3,(H,19,20)(H,15,16,18). The average molecular weight is 277 g/mol. The van der Waals surface area contributed by atoms with Crippen molar-refractivity contribution in [2.24, 2.45) is 5.41 Å². The molecule has 1 aromatic heterocycles. The van der Waals surface area contributed by atoms with Crippen molar-refractivity contribution in [3.8, 4) is 0 Å². The maximum Gasteiger partial charge on any atom is 0.309 e. The van der Waals surface area contributed by atoms with Gasteiger partial charge in [-0.2, -0.15) is 0 Å². The Bertz CT molecular complexity index is 584. The number of anilines is 1. The largest absolute Gasteiger partial charge is 0.481 e. The van der Waals surface area contributed by atoms with E-state index >= 15 is 0 Å². The van der Waals surface area contributed by atoms with Gasteiger partial charge in [-0.1, -0.05) is 0 Å². The molecule has 20 heavy (non-hydrogen) atoms. The number of aromatic nitrogens is 2. The van der Waals surface area contributed by atoms with E-state index in [1.165, 1.54) is 6.07 Å². The van der Waals surface area contributed by atoms with Gasteiger partial charge in [-0.3, -0.25) is 9.59 Å². The summed E-state index contributed by atoms with van der Waals surface area (Å²) < 4.78 is 0. The molecule has 2 aliphatic rings. The maximum atomic E-state index is 11.7. The first-order valence-electron chi connectivity index (χ1n) is 7.07. The zero-order valence-electron chi connectivity index (χ0n) is 11.6. The fraction of sp³-hybridized carbons (Fsp3) is 0.643. The van der Waals surface area contributed by atoms with Crippen LogP contribution >= 0.6 is 0 Å². The SMILES string of the molecule is CC1(C(=O)O)CCN(c2cc(=O)[nH]c(C3CC3)n2)CC1. The van der Waals surface area contributed by atoms with Crippen LogP contribution in [0.3, 0.4) is 0 Å². The number of carboxylic acids is 1. The molecule has 0 spiro atoms. The third-order valence-corrected chi connectivity index (χ3v) is 4.42. The van der Waals surface area contributed by atoms with E-state index in [4.69, 9.17) is 0 Å². The quantitative estimate of drug-likeness (QED) is 0.870. The number of rotatable bonds is 3. The van der Waals surface area contributed by atoms with Gasteiger partial charge < -0.3 is 15.0 Å². The number of carboxylic acid groups (broad SMARTS) is 1. The number of piperidine rings is 1. The fourth-order valence-corrected chi connectivity index (χ4v) is 2.62. The van der Waals surface area contributed by atoms with E-state index in [-0.39, 0.29) is 5.56 Å². The third kappa shape index (κ3) is 2.42. The molecule has 2 heterocycles. The van der Waals surface area contributed by atoms with Crippen molar-refractivity contribution >= 4 is 11.8 Å². The summed E-state index contributed by atoms with van der Waals surface area (Å²) >= 11 is 0. The topological polar surface area (TPSA) is 86.3 Å². The molecule has 1 saturated carbocycles. The summed E-state index contributed by atoms with van der Waals surface area (Å²) in [6.07, 6.45) is 3.33. The Hall–Kier alpha value is -1.85. The lowest BCUT2D eigenvalue weighted by Crippen LogP contribution is -2.43. The summed E-state index contributed by atoms with van der Waals surface area (Å²) in [6.45, 7) is 3.04. The van der Waals surface area contributed by atoms with Gasteiger partial charge in [0.25, 0.3) is 5.56 Å². The van der Waals surface area contributed by atoms with E-state index in [1.54, 1.807) is 6.92 Å². The molecule has 0 atom stereocenters. The number of aromatic amines is 1. The van der Waals surface area contributed by atoms with Crippen molar-refractivity contribution in [2.45, 2.75) is 38.5 Å². The molecular weight excluding hydrogens is 258 g/mol. The predicted octanol–water partition coefficient (Wildman–Crippen LogP) is 1.34. The highest BCUT2D eigenvalue weighted by Crippen LogP contribution is 2.38. The zero-order chi connectivity index (χ0) is 14.3. The van der Waals surface area contributed by atoms with Crippen LogP contribution in [0.5, 0.6) is 0 Å². The Labute approximate surface area is 116 Å². The second-order valence-corrected chi connectivity index (χ2v) is 6.12. The molecule has 0 bridgehead atoms. The van der Waals surface area contributed by atoms with E-state index in [0.29, 0.717) is 37.7 Å². The van der Waals surface area contributed by atoms with Crippen molar-refractivity contribution < 1.29 is 9.90 Å². The van der Waals surface area contributed by atoms with Crippen molar-refractivity contribution in [3.63, 3.8) is 0 Å². The van der Waals surface area contributed by atoms with Gasteiger partial charge in [-0.15, -0.1) is 0 Å². The Balaban J connectivity index is 1.78. The Morgan fingerprint density at radius 1 is 1.45 bits per heavy atom. The molecule has 1 aliphatic heterocycles. The normalized spacial score (nSPS) is 21.8. The van der Waals surface area contributed by atoms with Gasteiger partial charge in [0.05, 0.1) is 5.41 Å². The number of nitrogens with one attached hydrogen (secondary N) is 1. The molecule has 0 radical (unpaired) electrons. The van der Waals surface area contributed by atoms with Crippen LogP contribution in [-0.4, -0.2) is 34.1 Å². The first-order chi connectivity index (χ1) is 9.48. The monoisotopic (exact) mass is 277 g/mol. The minimum absolute atomic E-state index is 0.122. The van der Waals surface area contributed by atoms with Crippen LogP contribution < -0.4 is 10.5 Å².